The maximum absolute atomic E-state index is 12.7. The number of hydrogen-bond acceptors (Lipinski definition) is 5. The number of halogens is 1. The molecule has 3 rings (SSSR count). The Morgan fingerprint density at radius 2 is 1.89 bits per heavy atom. The van der Waals surface area contributed by atoms with Crippen LogP contribution >= 0.6 is 22.9 Å². The molecule has 1 aliphatic rings. The van der Waals surface area contributed by atoms with Gasteiger partial charge in [0, 0.05) is 24.5 Å². The minimum Gasteiger partial charge on any atom is -0.378 e. The van der Waals surface area contributed by atoms with Crippen LogP contribution in [0.25, 0.3) is 0 Å². The molecule has 0 spiro atoms. The number of rotatable bonds is 5. The predicted octanol–water partition coefficient (Wildman–Crippen LogP) is 3.69. The average Bonchev–Trinajstić information content (AvgIpc) is 3.09. The normalized spacial score (nSPS) is 14.6. The number of amides is 2. The fourth-order valence-corrected chi connectivity index (χ4v) is 3.96. The number of benzene rings is 1. The standard InChI is InChI=1S/C20H24ClN3O3S/c1-13-12-14(4-5-15(13)24-8-10-27-11-9-24)22-19(26)20(2,3)23-18(25)16-6-7-17(21)28-16/h4-7,12H,8-11H2,1-3H3,(H,22,26)(H,23,25). The molecule has 0 aliphatic carbocycles. The van der Waals surface area contributed by atoms with E-state index in [0.717, 1.165) is 37.6 Å². The molecule has 0 unspecified atom stereocenters. The third kappa shape index (κ3) is 4.84. The SMILES string of the molecule is Cc1cc(NC(=O)C(C)(C)NC(=O)c2ccc(Cl)s2)ccc1N1CCOCC1. The molecular weight excluding hydrogens is 398 g/mol. The van der Waals surface area contributed by atoms with Gasteiger partial charge in [-0.3, -0.25) is 9.59 Å². The van der Waals surface area contributed by atoms with Crippen molar-refractivity contribution in [1.82, 2.24) is 5.32 Å². The van der Waals surface area contributed by atoms with Crippen LogP contribution in [0.2, 0.25) is 4.34 Å². The Labute approximate surface area is 173 Å². The molecule has 0 atom stereocenters. The van der Waals surface area contributed by atoms with Gasteiger partial charge in [-0.2, -0.15) is 0 Å². The summed E-state index contributed by atoms with van der Waals surface area (Å²) in [5.41, 5.74) is 1.84. The van der Waals surface area contributed by atoms with E-state index in [0.29, 0.717) is 14.9 Å². The lowest BCUT2D eigenvalue weighted by Crippen LogP contribution is -2.52. The molecule has 0 saturated carbocycles. The molecule has 2 heterocycles. The van der Waals surface area contributed by atoms with Crippen molar-refractivity contribution in [1.29, 1.82) is 0 Å². The summed E-state index contributed by atoms with van der Waals surface area (Å²) >= 11 is 7.06. The van der Waals surface area contributed by atoms with Crippen LogP contribution in [0, 0.1) is 6.92 Å². The van der Waals surface area contributed by atoms with Gasteiger partial charge < -0.3 is 20.3 Å². The first-order valence-corrected chi connectivity index (χ1v) is 10.3. The molecule has 2 aromatic rings. The van der Waals surface area contributed by atoms with E-state index in [1.807, 2.05) is 25.1 Å². The van der Waals surface area contributed by atoms with Crippen molar-refractivity contribution < 1.29 is 14.3 Å². The number of ether oxygens (including phenoxy) is 1. The average molecular weight is 422 g/mol. The molecule has 2 amide bonds. The van der Waals surface area contributed by atoms with Crippen LogP contribution in [0.3, 0.4) is 0 Å². The molecule has 0 radical (unpaired) electrons. The summed E-state index contributed by atoms with van der Waals surface area (Å²) in [6, 6.07) is 9.14. The van der Waals surface area contributed by atoms with Crippen molar-refractivity contribution in [3.8, 4) is 0 Å². The fraction of sp³-hybridized carbons (Fsp3) is 0.400. The molecule has 28 heavy (non-hydrogen) atoms. The maximum atomic E-state index is 12.7. The third-order valence-corrected chi connectivity index (χ3v) is 5.83. The smallest absolute Gasteiger partial charge is 0.262 e. The highest BCUT2D eigenvalue weighted by Gasteiger charge is 2.30. The van der Waals surface area contributed by atoms with Gasteiger partial charge in [0.1, 0.15) is 5.54 Å². The summed E-state index contributed by atoms with van der Waals surface area (Å²) in [5, 5.41) is 5.66. The van der Waals surface area contributed by atoms with Crippen molar-refractivity contribution >= 4 is 46.1 Å². The molecule has 1 saturated heterocycles. The van der Waals surface area contributed by atoms with Gasteiger partial charge in [-0.15, -0.1) is 11.3 Å². The van der Waals surface area contributed by atoms with Crippen molar-refractivity contribution in [3.63, 3.8) is 0 Å². The van der Waals surface area contributed by atoms with Gasteiger partial charge in [0.2, 0.25) is 5.91 Å². The summed E-state index contributed by atoms with van der Waals surface area (Å²) in [4.78, 5) is 27.8. The predicted molar refractivity (Wildman–Crippen MR) is 114 cm³/mol. The van der Waals surface area contributed by atoms with E-state index in [-0.39, 0.29) is 11.8 Å². The summed E-state index contributed by atoms with van der Waals surface area (Å²) in [6.45, 7) is 8.53. The fourth-order valence-electron chi connectivity index (χ4n) is 3.02. The molecule has 1 aromatic carbocycles. The first-order chi connectivity index (χ1) is 13.3. The van der Waals surface area contributed by atoms with Crippen molar-refractivity contribution in [3.05, 3.63) is 45.1 Å². The van der Waals surface area contributed by atoms with Crippen LogP contribution in [-0.4, -0.2) is 43.7 Å². The van der Waals surface area contributed by atoms with E-state index < -0.39 is 5.54 Å². The number of nitrogens with one attached hydrogen (secondary N) is 2. The lowest BCUT2D eigenvalue weighted by molar-refractivity contribution is -0.120. The number of anilines is 2. The van der Waals surface area contributed by atoms with E-state index in [1.165, 1.54) is 11.3 Å². The minimum atomic E-state index is -1.08. The van der Waals surface area contributed by atoms with Crippen LogP contribution < -0.4 is 15.5 Å². The van der Waals surface area contributed by atoms with Gasteiger partial charge in [0.25, 0.3) is 5.91 Å². The van der Waals surface area contributed by atoms with Gasteiger partial charge in [0.05, 0.1) is 22.4 Å². The van der Waals surface area contributed by atoms with Gasteiger partial charge in [-0.05, 0) is 56.7 Å². The zero-order chi connectivity index (χ0) is 20.3. The number of carbonyl (C=O) groups excluding carboxylic acids is 2. The lowest BCUT2D eigenvalue weighted by atomic mass is 10.0. The molecule has 6 nitrogen and oxygen atoms in total. The second-order valence-corrected chi connectivity index (χ2v) is 8.95. The minimum absolute atomic E-state index is 0.290. The van der Waals surface area contributed by atoms with Gasteiger partial charge in [-0.25, -0.2) is 0 Å². The number of nitrogens with zero attached hydrogens (tertiary/aromatic N) is 1. The number of thiophene rings is 1. The van der Waals surface area contributed by atoms with Gasteiger partial charge in [0.15, 0.2) is 0 Å². The van der Waals surface area contributed by atoms with Crippen LogP contribution in [0.1, 0.15) is 29.1 Å². The number of morpholine rings is 1. The highest BCUT2D eigenvalue weighted by molar-refractivity contribution is 7.18. The first-order valence-electron chi connectivity index (χ1n) is 9.09. The van der Waals surface area contributed by atoms with Crippen molar-refractivity contribution in [2.24, 2.45) is 0 Å². The van der Waals surface area contributed by atoms with E-state index >= 15 is 0 Å². The van der Waals surface area contributed by atoms with E-state index in [2.05, 4.69) is 15.5 Å². The maximum Gasteiger partial charge on any atom is 0.262 e. The van der Waals surface area contributed by atoms with E-state index in [9.17, 15) is 9.59 Å². The van der Waals surface area contributed by atoms with Crippen molar-refractivity contribution in [2.45, 2.75) is 26.3 Å². The van der Waals surface area contributed by atoms with Crippen molar-refractivity contribution in [2.75, 3.05) is 36.5 Å². The molecule has 150 valence electrons. The number of aryl methyl sites for hydroxylation is 1. The Morgan fingerprint density at radius 1 is 1.18 bits per heavy atom. The molecule has 1 aromatic heterocycles. The molecular formula is C20H24ClN3O3S. The summed E-state index contributed by atoms with van der Waals surface area (Å²) in [7, 11) is 0. The Hall–Kier alpha value is -2.09. The molecule has 2 N–H and O–H groups in total. The molecule has 1 aliphatic heterocycles. The monoisotopic (exact) mass is 421 g/mol. The highest BCUT2D eigenvalue weighted by atomic mass is 35.5. The second kappa shape index (κ2) is 8.51. The molecule has 0 bridgehead atoms. The van der Waals surface area contributed by atoms with Gasteiger partial charge >= 0.3 is 0 Å². The zero-order valence-electron chi connectivity index (χ0n) is 16.2. The number of hydrogen-bond donors (Lipinski definition) is 2. The van der Waals surface area contributed by atoms with Gasteiger partial charge in [-0.1, -0.05) is 11.6 Å². The van der Waals surface area contributed by atoms with E-state index in [1.54, 1.807) is 26.0 Å². The highest BCUT2D eigenvalue weighted by Crippen LogP contribution is 2.25. The summed E-state index contributed by atoms with van der Waals surface area (Å²) < 4.78 is 5.93. The Bertz CT molecular complexity index is 875. The van der Waals surface area contributed by atoms with Crippen LogP contribution in [0.15, 0.2) is 30.3 Å². The van der Waals surface area contributed by atoms with Crippen LogP contribution in [0.5, 0.6) is 0 Å². The second-order valence-electron chi connectivity index (χ2n) is 7.24. The largest absolute Gasteiger partial charge is 0.378 e. The summed E-state index contributed by atoms with van der Waals surface area (Å²) in [6.07, 6.45) is 0. The van der Waals surface area contributed by atoms with Crippen LogP contribution in [0.4, 0.5) is 11.4 Å². The first kappa shape index (κ1) is 20.6. The topological polar surface area (TPSA) is 70.7 Å². The van der Waals surface area contributed by atoms with E-state index in [4.69, 9.17) is 16.3 Å². The Balaban J connectivity index is 1.65. The third-order valence-electron chi connectivity index (χ3n) is 4.60. The molecule has 1 fully saturated rings. The number of carbonyl (C=O) groups is 2. The van der Waals surface area contributed by atoms with Crippen LogP contribution in [-0.2, 0) is 9.53 Å². The Kier molecular flexibility index (Phi) is 6.27. The quantitative estimate of drug-likeness (QED) is 0.772. The zero-order valence-corrected chi connectivity index (χ0v) is 17.7. The summed E-state index contributed by atoms with van der Waals surface area (Å²) in [5.74, 6) is -0.613. The Morgan fingerprint density at radius 3 is 2.50 bits per heavy atom. The molecule has 8 heteroatoms. The lowest BCUT2D eigenvalue weighted by Gasteiger charge is -2.30.